The van der Waals surface area contributed by atoms with E-state index >= 15 is 0 Å². The largest absolute Gasteiger partial charge is 0.467 e. The van der Waals surface area contributed by atoms with E-state index in [0.717, 1.165) is 0 Å². The van der Waals surface area contributed by atoms with Gasteiger partial charge >= 0.3 is 12.1 Å². The van der Waals surface area contributed by atoms with E-state index < -0.39 is 24.1 Å². The number of amides is 2. The fourth-order valence-corrected chi connectivity index (χ4v) is 1.53. The van der Waals surface area contributed by atoms with E-state index in [4.69, 9.17) is 4.74 Å². The highest BCUT2D eigenvalue weighted by Crippen LogP contribution is 2.06. The number of hydrogen-bond donors (Lipinski definition) is 1. The van der Waals surface area contributed by atoms with E-state index in [-0.39, 0.29) is 13.1 Å². The lowest BCUT2D eigenvalue weighted by Gasteiger charge is -2.30. The molecule has 0 spiro atoms. The summed E-state index contributed by atoms with van der Waals surface area (Å²) >= 11 is 0. The van der Waals surface area contributed by atoms with Gasteiger partial charge in [-0.3, -0.25) is 15.0 Å². The Morgan fingerprint density at radius 3 is 2.67 bits per heavy atom. The first-order valence-electron chi connectivity index (χ1n) is 5.36. The Morgan fingerprint density at radius 2 is 2.06 bits per heavy atom. The number of nitrogens with zero attached hydrogens (tertiary/aromatic N) is 1. The van der Waals surface area contributed by atoms with Crippen molar-refractivity contribution in [3.05, 3.63) is 0 Å². The number of alkyl carbamates (subject to hydrolysis) is 1. The van der Waals surface area contributed by atoms with Crippen molar-refractivity contribution in [2.75, 3.05) is 40.5 Å². The van der Waals surface area contributed by atoms with Gasteiger partial charge in [0.25, 0.3) is 0 Å². The number of hydrogen-bond acceptors (Lipinski definition) is 7. The highest BCUT2D eigenvalue weighted by molar-refractivity contribution is 5.92. The van der Waals surface area contributed by atoms with E-state index in [2.05, 4.69) is 9.47 Å². The van der Waals surface area contributed by atoms with E-state index in [0.29, 0.717) is 13.2 Å². The van der Waals surface area contributed by atoms with Crippen LogP contribution < -0.4 is 5.32 Å². The lowest BCUT2D eigenvalue weighted by molar-refractivity contribution is -0.160. The molecule has 0 bridgehead atoms. The van der Waals surface area contributed by atoms with Crippen molar-refractivity contribution in [1.82, 2.24) is 10.2 Å². The van der Waals surface area contributed by atoms with E-state index in [1.54, 1.807) is 4.90 Å². The third-order valence-corrected chi connectivity index (χ3v) is 2.41. The van der Waals surface area contributed by atoms with Crippen molar-refractivity contribution >= 4 is 18.0 Å². The van der Waals surface area contributed by atoms with Crippen molar-refractivity contribution in [3.8, 4) is 0 Å². The van der Waals surface area contributed by atoms with E-state index in [1.165, 1.54) is 14.2 Å². The van der Waals surface area contributed by atoms with Crippen LogP contribution in [0, 0.1) is 0 Å². The van der Waals surface area contributed by atoms with Crippen molar-refractivity contribution in [1.29, 1.82) is 0 Å². The summed E-state index contributed by atoms with van der Waals surface area (Å²) in [6.45, 7) is 1.07. The van der Waals surface area contributed by atoms with Crippen LogP contribution in [0.3, 0.4) is 0 Å². The third kappa shape index (κ3) is 4.30. The molecule has 2 amide bonds. The molecule has 102 valence electrons. The van der Waals surface area contributed by atoms with Crippen molar-refractivity contribution in [2.24, 2.45) is 0 Å². The molecule has 0 aliphatic carbocycles. The van der Waals surface area contributed by atoms with E-state index in [9.17, 15) is 14.4 Å². The summed E-state index contributed by atoms with van der Waals surface area (Å²) in [4.78, 5) is 35.2. The molecule has 1 N–H and O–H groups in total. The maximum absolute atomic E-state index is 11.4. The SMILES string of the molecule is COC(=O)NC(=O)CN1CCOC(C(=O)OC)C1. The van der Waals surface area contributed by atoms with Crippen molar-refractivity contribution in [3.63, 3.8) is 0 Å². The molecule has 1 atom stereocenters. The average molecular weight is 260 g/mol. The van der Waals surface area contributed by atoms with Gasteiger partial charge in [-0.2, -0.15) is 0 Å². The first-order chi connectivity index (χ1) is 8.56. The minimum atomic E-state index is -0.808. The normalized spacial score (nSPS) is 20.0. The molecule has 0 radical (unpaired) electrons. The monoisotopic (exact) mass is 260 g/mol. The van der Waals surface area contributed by atoms with Crippen molar-refractivity contribution < 1.29 is 28.6 Å². The van der Waals surface area contributed by atoms with Gasteiger partial charge in [-0.05, 0) is 0 Å². The van der Waals surface area contributed by atoms with Crippen LogP contribution >= 0.6 is 0 Å². The van der Waals surface area contributed by atoms with Gasteiger partial charge in [-0.25, -0.2) is 9.59 Å². The molecule has 1 unspecified atom stereocenters. The van der Waals surface area contributed by atoms with Crippen LogP contribution in [0.5, 0.6) is 0 Å². The van der Waals surface area contributed by atoms with Gasteiger partial charge < -0.3 is 14.2 Å². The first kappa shape index (κ1) is 14.4. The molecule has 1 rings (SSSR count). The highest BCUT2D eigenvalue weighted by Gasteiger charge is 2.28. The number of rotatable bonds is 3. The van der Waals surface area contributed by atoms with Gasteiger partial charge in [-0.15, -0.1) is 0 Å². The second-order valence-electron chi connectivity index (χ2n) is 3.66. The van der Waals surface area contributed by atoms with Gasteiger partial charge in [0, 0.05) is 13.1 Å². The average Bonchev–Trinajstić information content (AvgIpc) is 2.37. The molecule has 18 heavy (non-hydrogen) atoms. The second-order valence-corrected chi connectivity index (χ2v) is 3.66. The predicted molar refractivity (Wildman–Crippen MR) is 58.7 cm³/mol. The zero-order valence-corrected chi connectivity index (χ0v) is 10.3. The van der Waals surface area contributed by atoms with Crippen molar-refractivity contribution in [2.45, 2.75) is 6.10 Å². The number of methoxy groups -OCH3 is 2. The maximum atomic E-state index is 11.4. The topological polar surface area (TPSA) is 94.2 Å². The summed E-state index contributed by atoms with van der Waals surface area (Å²) in [5.41, 5.74) is 0. The molecule has 0 aromatic heterocycles. The summed E-state index contributed by atoms with van der Waals surface area (Å²) in [5.74, 6) is -0.972. The van der Waals surface area contributed by atoms with Crippen LogP contribution in [-0.4, -0.2) is 69.4 Å². The number of ether oxygens (including phenoxy) is 3. The molecule has 1 heterocycles. The molecular weight excluding hydrogens is 244 g/mol. The van der Waals surface area contributed by atoms with Gasteiger partial charge in [0.1, 0.15) is 0 Å². The lowest BCUT2D eigenvalue weighted by atomic mass is 10.2. The van der Waals surface area contributed by atoms with Crippen LogP contribution in [0.1, 0.15) is 0 Å². The maximum Gasteiger partial charge on any atom is 0.413 e. The van der Waals surface area contributed by atoms with E-state index in [1.807, 2.05) is 5.32 Å². The van der Waals surface area contributed by atoms with Gasteiger partial charge in [0.05, 0.1) is 27.4 Å². The number of morpholine rings is 1. The number of imide groups is 1. The molecule has 0 aromatic carbocycles. The number of esters is 1. The van der Waals surface area contributed by atoms with Gasteiger partial charge in [0.15, 0.2) is 6.10 Å². The Hall–Kier alpha value is -1.67. The Bertz CT molecular complexity index is 332. The summed E-state index contributed by atoms with van der Waals surface area (Å²) in [6, 6.07) is 0. The van der Waals surface area contributed by atoms with Crippen LogP contribution in [-0.2, 0) is 23.8 Å². The summed E-state index contributed by atoms with van der Waals surface area (Å²) in [5, 5.41) is 2.04. The minimum Gasteiger partial charge on any atom is -0.467 e. The molecule has 8 heteroatoms. The zero-order valence-electron chi connectivity index (χ0n) is 10.3. The van der Waals surface area contributed by atoms with Gasteiger partial charge in [-0.1, -0.05) is 0 Å². The molecule has 1 fully saturated rings. The minimum absolute atomic E-state index is 0.00798. The van der Waals surface area contributed by atoms with Crippen LogP contribution in [0.2, 0.25) is 0 Å². The number of nitrogens with one attached hydrogen (secondary N) is 1. The Labute approximate surface area is 104 Å². The summed E-state index contributed by atoms with van der Waals surface area (Å²) in [7, 11) is 2.44. The van der Waals surface area contributed by atoms with Crippen LogP contribution in [0.15, 0.2) is 0 Å². The fraction of sp³-hybridized carbons (Fsp3) is 0.700. The molecule has 0 saturated carbocycles. The quantitative estimate of drug-likeness (QED) is 0.633. The summed E-state index contributed by atoms with van der Waals surface area (Å²) < 4.78 is 14.1. The van der Waals surface area contributed by atoms with Gasteiger partial charge in [0.2, 0.25) is 5.91 Å². The molecular formula is C10H16N2O6. The Kier molecular flexibility index (Phi) is 5.53. The fourth-order valence-electron chi connectivity index (χ4n) is 1.53. The highest BCUT2D eigenvalue weighted by atomic mass is 16.6. The third-order valence-electron chi connectivity index (χ3n) is 2.41. The molecule has 8 nitrogen and oxygen atoms in total. The smallest absolute Gasteiger partial charge is 0.413 e. The first-order valence-corrected chi connectivity index (χ1v) is 5.36. The molecule has 0 aromatic rings. The standard InChI is InChI=1S/C10H16N2O6/c1-16-9(14)7-5-12(3-4-18-7)6-8(13)11-10(15)17-2/h7H,3-6H2,1-2H3,(H,11,13,15). The Morgan fingerprint density at radius 1 is 1.33 bits per heavy atom. The second kappa shape index (κ2) is 6.92. The zero-order chi connectivity index (χ0) is 13.5. The molecule has 1 aliphatic rings. The predicted octanol–water partition coefficient (Wildman–Crippen LogP) is -1.26. The summed E-state index contributed by atoms with van der Waals surface area (Å²) in [6.07, 6.45) is -1.51. The molecule has 1 saturated heterocycles. The molecule has 1 aliphatic heterocycles. The van der Waals surface area contributed by atoms with Crippen LogP contribution in [0.4, 0.5) is 4.79 Å². The Balaban J connectivity index is 2.40. The number of carbonyl (C=O) groups excluding carboxylic acids is 3. The van der Waals surface area contributed by atoms with Crippen LogP contribution in [0.25, 0.3) is 0 Å². The number of carbonyl (C=O) groups is 3. The lowest BCUT2D eigenvalue weighted by Crippen LogP contribution is -2.50.